The maximum atomic E-state index is 12.7. The van der Waals surface area contributed by atoms with E-state index in [2.05, 4.69) is 15.6 Å². The van der Waals surface area contributed by atoms with Crippen molar-refractivity contribution >= 4 is 40.7 Å². The highest BCUT2D eigenvalue weighted by atomic mass is 35.5. The summed E-state index contributed by atoms with van der Waals surface area (Å²) in [5, 5.41) is 17.2. The third-order valence-electron chi connectivity index (χ3n) is 6.16. The van der Waals surface area contributed by atoms with E-state index in [1.54, 1.807) is 30.3 Å². The Balaban J connectivity index is 1.09. The van der Waals surface area contributed by atoms with Crippen LogP contribution in [0.1, 0.15) is 36.6 Å². The van der Waals surface area contributed by atoms with Gasteiger partial charge in [-0.15, -0.1) is 0 Å². The number of halogens is 2. The molecule has 0 bridgehead atoms. The van der Waals surface area contributed by atoms with Gasteiger partial charge in [-0.1, -0.05) is 23.2 Å². The maximum Gasteiger partial charge on any atom is 0.261 e. The molecule has 11 heteroatoms. The van der Waals surface area contributed by atoms with Gasteiger partial charge in [-0.2, -0.15) is 0 Å². The van der Waals surface area contributed by atoms with Gasteiger partial charge in [-0.3, -0.25) is 9.59 Å². The van der Waals surface area contributed by atoms with Gasteiger partial charge in [-0.25, -0.2) is 4.98 Å². The van der Waals surface area contributed by atoms with Gasteiger partial charge >= 0.3 is 0 Å². The van der Waals surface area contributed by atoms with E-state index in [0.717, 1.165) is 0 Å². The Morgan fingerprint density at radius 1 is 1.11 bits per heavy atom. The minimum atomic E-state index is -0.839. The molecule has 3 aromatic rings. The lowest BCUT2D eigenvalue weighted by Gasteiger charge is -2.32. The zero-order valence-electron chi connectivity index (χ0n) is 18.6. The van der Waals surface area contributed by atoms with Crippen LogP contribution >= 0.6 is 23.2 Å². The monoisotopic (exact) mass is 518 g/mol. The Morgan fingerprint density at radius 2 is 1.94 bits per heavy atom. The Morgan fingerprint density at radius 3 is 2.74 bits per heavy atom. The fraction of sp³-hybridized carbons (Fsp3) is 0.375. The summed E-state index contributed by atoms with van der Waals surface area (Å²) in [6, 6.07) is 8.20. The number of aliphatic hydroxyl groups is 1. The second-order valence-corrected chi connectivity index (χ2v) is 9.58. The molecule has 4 unspecified atom stereocenters. The molecule has 5 rings (SSSR count). The lowest BCUT2D eigenvalue weighted by molar-refractivity contribution is -0.138. The summed E-state index contributed by atoms with van der Waals surface area (Å²) < 4.78 is 13.3. The van der Waals surface area contributed by atoms with Crippen LogP contribution in [0.5, 0.6) is 5.75 Å². The Hall–Kier alpha value is -2.85. The molecule has 1 aromatic carbocycles. The van der Waals surface area contributed by atoms with Crippen LogP contribution in [0.4, 0.5) is 0 Å². The van der Waals surface area contributed by atoms with E-state index >= 15 is 0 Å². The number of rotatable bonds is 5. The van der Waals surface area contributed by atoms with Gasteiger partial charge in [0.25, 0.3) is 5.91 Å². The topological polar surface area (TPSA) is 114 Å². The van der Waals surface area contributed by atoms with Gasteiger partial charge in [-0.05, 0) is 43.2 Å². The highest BCUT2D eigenvalue weighted by Crippen LogP contribution is 2.36. The summed E-state index contributed by atoms with van der Waals surface area (Å²) >= 11 is 12.0. The molecular weight excluding hydrogens is 495 g/mol. The highest BCUT2D eigenvalue weighted by Gasteiger charge is 2.34. The van der Waals surface area contributed by atoms with E-state index in [1.807, 2.05) is 16.8 Å². The first-order chi connectivity index (χ1) is 16.9. The standard InChI is InChI=1S/C24H24Cl2N4O5/c25-13-1-3-19-17(7-13)18(31)9-21(35-19)24(33)29-15-2-4-20(34-12-15)23(32)27-10-16-11-30-6-5-14(26)8-22(30)28-16/h1,3,5-8,11,15,18,20-21,31H,2,4,9-10,12H2,(H,27,32)(H,29,33). The molecule has 0 spiro atoms. The maximum absolute atomic E-state index is 12.7. The smallest absolute Gasteiger partial charge is 0.261 e. The number of nitrogens with one attached hydrogen (secondary N) is 2. The van der Waals surface area contributed by atoms with Crippen molar-refractivity contribution in [3.8, 4) is 5.75 Å². The van der Waals surface area contributed by atoms with Gasteiger partial charge in [0.15, 0.2) is 6.10 Å². The van der Waals surface area contributed by atoms with Crippen molar-refractivity contribution in [1.82, 2.24) is 20.0 Å². The number of hydrogen-bond acceptors (Lipinski definition) is 6. The molecule has 184 valence electrons. The number of aliphatic hydroxyl groups excluding tert-OH is 1. The number of fused-ring (bicyclic) bond motifs is 2. The summed E-state index contributed by atoms with van der Waals surface area (Å²) in [4.78, 5) is 29.7. The average molecular weight is 519 g/mol. The zero-order chi connectivity index (χ0) is 24.5. The van der Waals surface area contributed by atoms with Crippen molar-refractivity contribution in [1.29, 1.82) is 0 Å². The third-order valence-corrected chi connectivity index (χ3v) is 6.63. The Bertz CT molecular complexity index is 1260. The predicted octanol–water partition coefficient (Wildman–Crippen LogP) is 2.81. The number of benzene rings is 1. The van der Waals surface area contributed by atoms with E-state index in [9.17, 15) is 14.7 Å². The van der Waals surface area contributed by atoms with E-state index in [4.69, 9.17) is 32.7 Å². The molecule has 1 saturated heterocycles. The summed E-state index contributed by atoms with van der Waals surface area (Å²) in [6.45, 7) is 0.477. The molecule has 2 amide bonds. The first-order valence-electron chi connectivity index (χ1n) is 11.3. The van der Waals surface area contributed by atoms with Crippen LogP contribution in [-0.2, 0) is 20.9 Å². The number of carbonyl (C=O) groups excluding carboxylic acids is 2. The first kappa shape index (κ1) is 23.9. The minimum Gasteiger partial charge on any atom is -0.480 e. The molecule has 4 atom stereocenters. The number of carbonyl (C=O) groups is 2. The number of amides is 2. The lowest BCUT2D eigenvalue weighted by Crippen LogP contribution is -2.51. The van der Waals surface area contributed by atoms with Crippen LogP contribution in [-0.4, -0.2) is 51.2 Å². The molecule has 2 aliphatic heterocycles. The van der Waals surface area contributed by atoms with Crippen molar-refractivity contribution in [3.63, 3.8) is 0 Å². The lowest BCUT2D eigenvalue weighted by atomic mass is 9.98. The summed E-state index contributed by atoms with van der Waals surface area (Å²) in [5.41, 5.74) is 1.99. The Labute approximate surface area is 211 Å². The van der Waals surface area contributed by atoms with E-state index in [0.29, 0.717) is 45.5 Å². The van der Waals surface area contributed by atoms with Crippen LogP contribution in [0, 0.1) is 0 Å². The minimum absolute atomic E-state index is 0.132. The molecular formula is C24H24Cl2N4O5. The van der Waals surface area contributed by atoms with Gasteiger partial charge < -0.3 is 29.6 Å². The van der Waals surface area contributed by atoms with Gasteiger partial charge in [0.2, 0.25) is 5.91 Å². The third kappa shape index (κ3) is 5.38. The van der Waals surface area contributed by atoms with Crippen LogP contribution in [0.15, 0.2) is 42.7 Å². The molecule has 0 aliphatic carbocycles. The van der Waals surface area contributed by atoms with Crippen molar-refractivity contribution in [2.75, 3.05) is 6.61 Å². The zero-order valence-corrected chi connectivity index (χ0v) is 20.1. The molecule has 4 heterocycles. The van der Waals surface area contributed by atoms with Gasteiger partial charge in [0.1, 0.15) is 17.5 Å². The van der Waals surface area contributed by atoms with Crippen molar-refractivity contribution < 1.29 is 24.2 Å². The Kier molecular flexibility index (Phi) is 6.84. The number of pyridine rings is 1. The molecule has 35 heavy (non-hydrogen) atoms. The number of ether oxygens (including phenoxy) is 2. The second kappa shape index (κ2) is 10.0. The average Bonchev–Trinajstić information content (AvgIpc) is 3.25. The molecule has 0 radical (unpaired) electrons. The summed E-state index contributed by atoms with van der Waals surface area (Å²) in [6.07, 6.45) is 2.56. The van der Waals surface area contributed by atoms with Gasteiger partial charge in [0.05, 0.1) is 31.0 Å². The number of nitrogens with zero attached hydrogens (tertiary/aromatic N) is 2. The quantitative estimate of drug-likeness (QED) is 0.478. The van der Waals surface area contributed by atoms with Gasteiger partial charge in [0, 0.05) is 34.4 Å². The molecule has 2 aliphatic rings. The van der Waals surface area contributed by atoms with Crippen molar-refractivity contribution in [2.45, 2.75) is 50.2 Å². The van der Waals surface area contributed by atoms with Crippen molar-refractivity contribution in [3.05, 3.63) is 64.0 Å². The number of aromatic nitrogens is 2. The molecule has 9 nitrogen and oxygen atoms in total. The van der Waals surface area contributed by atoms with Crippen LogP contribution in [0.3, 0.4) is 0 Å². The summed E-state index contributed by atoms with van der Waals surface area (Å²) in [7, 11) is 0. The second-order valence-electron chi connectivity index (χ2n) is 8.71. The fourth-order valence-corrected chi connectivity index (χ4v) is 4.67. The predicted molar refractivity (Wildman–Crippen MR) is 128 cm³/mol. The first-order valence-corrected chi connectivity index (χ1v) is 12.1. The van der Waals surface area contributed by atoms with E-state index in [1.165, 1.54) is 0 Å². The number of hydrogen-bond donors (Lipinski definition) is 3. The SMILES string of the molecule is O=C(NCc1cn2ccc(Cl)cc2n1)C1CCC(NC(=O)C2CC(O)c3cc(Cl)ccc3O2)CO1. The highest BCUT2D eigenvalue weighted by molar-refractivity contribution is 6.31. The molecule has 0 saturated carbocycles. The largest absolute Gasteiger partial charge is 0.480 e. The summed E-state index contributed by atoms with van der Waals surface area (Å²) in [5.74, 6) is -0.106. The van der Waals surface area contributed by atoms with Crippen molar-refractivity contribution in [2.24, 2.45) is 0 Å². The van der Waals surface area contributed by atoms with E-state index < -0.39 is 18.3 Å². The van der Waals surface area contributed by atoms with Crippen LogP contribution in [0.25, 0.3) is 5.65 Å². The molecule has 3 N–H and O–H groups in total. The van der Waals surface area contributed by atoms with E-state index in [-0.39, 0.29) is 37.4 Å². The normalized spacial score (nSPS) is 23.9. The molecule has 2 aromatic heterocycles. The number of imidazole rings is 1. The molecule has 1 fully saturated rings. The van der Waals surface area contributed by atoms with Crippen LogP contribution in [0.2, 0.25) is 10.0 Å². The fourth-order valence-electron chi connectivity index (χ4n) is 4.33. The van der Waals surface area contributed by atoms with Crippen LogP contribution < -0.4 is 15.4 Å².